The van der Waals surface area contributed by atoms with E-state index >= 15 is 0 Å². The number of fused-ring (bicyclic) bond motifs is 1. The Morgan fingerprint density at radius 3 is 3.00 bits per heavy atom. The van der Waals surface area contributed by atoms with E-state index in [-0.39, 0.29) is 25.6 Å². The minimum atomic E-state index is -0.349. The number of anilines is 2. The first-order chi connectivity index (χ1) is 13.1. The van der Waals surface area contributed by atoms with Crippen LogP contribution in [0.15, 0.2) is 47.8 Å². The van der Waals surface area contributed by atoms with Crippen LogP contribution in [0.25, 0.3) is 10.9 Å². The van der Waals surface area contributed by atoms with Gasteiger partial charge < -0.3 is 21.0 Å². The molecule has 3 aromatic rings. The zero-order chi connectivity index (χ0) is 19.2. The maximum Gasteiger partial charge on any atom is 0.150 e. The van der Waals surface area contributed by atoms with Crippen LogP contribution in [0.3, 0.4) is 0 Å². The van der Waals surface area contributed by atoms with Gasteiger partial charge in [0, 0.05) is 29.8 Å². The lowest BCUT2D eigenvalue weighted by Crippen LogP contribution is -2.09. The molecule has 0 atom stereocenters. The van der Waals surface area contributed by atoms with Crippen molar-refractivity contribution < 1.29 is 14.3 Å². The number of hydrogen-bond donors (Lipinski definition) is 3. The average Bonchev–Trinajstić information content (AvgIpc) is 2.67. The summed E-state index contributed by atoms with van der Waals surface area (Å²) >= 11 is 0. The van der Waals surface area contributed by atoms with Gasteiger partial charge in [0.05, 0.1) is 23.5 Å². The van der Waals surface area contributed by atoms with Crippen molar-refractivity contribution in [3.8, 4) is 0 Å². The molecule has 3 rings (SSSR count). The minimum absolute atomic E-state index is 0.105. The van der Waals surface area contributed by atoms with Crippen LogP contribution in [0.1, 0.15) is 18.2 Å². The molecule has 0 spiro atoms. The van der Waals surface area contributed by atoms with Gasteiger partial charge in [0.25, 0.3) is 0 Å². The first-order valence-electron chi connectivity index (χ1n) is 8.40. The second-order valence-electron chi connectivity index (χ2n) is 5.86. The van der Waals surface area contributed by atoms with Crippen molar-refractivity contribution in [1.29, 1.82) is 0 Å². The highest BCUT2D eigenvalue weighted by Gasteiger charge is 2.09. The van der Waals surface area contributed by atoms with E-state index in [0.29, 0.717) is 34.0 Å². The number of halogens is 1. The first kappa shape index (κ1) is 18.5. The minimum Gasteiger partial charge on any atom is -0.396 e. The van der Waals surface area contributed by atoms with Crippen molar-refractivity contribution in [1.82, 2.24) is 9.97 Å². The van der Waals surface area contributed by atoms with E-state index in [1.54, 1.807) is 37.4 Å². The number of rotatable bonds is 7. The van der Waals surface area contributed by atoms with Crippen LogP contribution in [-0.2, 0) is 11.4 Å². The fraction of sp³-hybridized carbons (Fsp3) is 0.211. The summed E-state index contributed by atoms with van der Waals surface area (Å²) in [5.41, 5.74) is 8.60. The maximum absolute atomic E-state index is 14.3. The summed E-state index contributed by atoms with van der Waals surface area (Å²) in [7, 11) is 0. The molecule has 27 heavy (non-hydrogen) atoms. The molecule has 0 aliphatic heterocycles. The molecule has 1 aromatic carbocycles. The second-order valence-corrected chi connectivity index (χ2v) is 5.86. The third-order valence-corrected chi connectivity index (χ3v) is 3.90. The van der Waals surface area contributed by atoms with Crippen molar-refractivity contribution in [2.75, 3.05) is 24.3 Å². The fourth-order valence-corrected chi connectivity index (χ4v) is 2.50. The van der Waals surface area contributed by atoms with Crippen molar-refractivity contribution in [2.45, 2.75) is 13.5 Å². The Hall–Kier alpha value is -3.26. The number of aliphatic hydroxyl groups is 1. The number of aliphatic hydroxyl groups excluding tert-OH is 1. The van der Waals surface area contributed by atoms with Gasteiger partial charge in [0.2, 0.25) is 0 Å². The topological polar surface area (TPSA) is 106 Å². The van der Waals surface area contributed by atoms with E-state index in [0.717, 1.165) is 5.39 Å². The molecule has 4 N–H and O–H groups in total. The summed E-state index contributed by atoms with van der Waals surface area (Å²) in [4.78, 5) is 13.5. The molecule has 0 unspecified atom stereocenters. The summed E-state index contributed by atoms with van der Waals surface area (Å²) in [6, 6.07) is 10.3. The van der Waals surface area contributed by atoms with E-state index in [1.165, 1.54) is 6.07 Å². The van der Waals surface area contributed by atoms with Gasteiger partial charge in [-0.2, -0.15) is 0 Å². The summed E-state index contributed by atoms with van der Waals surface area (Å²) in [6.07, 6.45) is 1.63. The standard InChI is InChI=1S/C19H20FN5O2/c1-12(25-27-8-7-26)17-5-4-16(21)19(24-17)23-11-14-9-13-3-2-6-22-18(13)10-15(14)20/h2-6,9-10,26H,7-8,11,21H2,1H3,(H,23,24)/b25-12+. The monoisotopic (exact) mass is 369 g/mol. The molecule has 0 aliphatic rings. The fourth-order valence-electron chi connectivity index (χ4n) is 2.50. The summed E-state index contributed by atoms with van der Waals surface area (Å²) in [5, 5.41) is 16.5. The maximum atomic E-state index is 14.3. The molecular weight excluding hydrogens is 349 g/mol. The van der Waals surface area contributed by atoms with E-state index in [4.69, 9.17) is 15.7 Å². The van der Waals surface area contributed by atoms with Gasteiger partial charge in [0.15, 0.2) is 0 Å². The van der Waals surface area contributed by atoms with Crippen LogP contribution >= 0.6 is 0 Å². The molecular formula is C19H20FN5O2. The van der Waals surface area contributed by atoms with Crippen LogP contribution in [0.5, 0.6) is 0 Å². The van der Waals surface area contributed by atoms with Crippen LogP contribution in [0.4, 0.5) is 15.9 Å². The zero-order valence-corrected chi connectivity index (χ0v) is 14.8. The Bertz CT molecular complexity index is 977. The molecule has 8 heteroatoms. The number of nitrogens with one attached hydrogen (secondary N) is 1. The van der Waals surface area contributed by atoms with Crippen molar-refractivity contribution in [3.63, 3.8) is 0 Å². The molecule has 0 amide bonds. The normalized spacial score (nSPS) is 11.6. The lowest BCUT2D eigenvalue weighted by Gasteiger charge is -2.11. The second kappa shape index (κ2) is 8.41. The number of benzene rings is 1. The van der Waals surface area contributed by atoms with E-state index in [1.807, 2.05) is 6.07 Å². The molecule has 0 fully saturated rings. The smallest absolute Gasteiger partial charge is 0.150 e. The highest BCUT2D eigenvalue weighted by molar-refractivity contribution is 5.97. The SMILES string of the molecule is C/C(=N\OCCO)c1ccc(N)c(NCc2cc3cccnc3cc2F)n1. The molecule has 0 saturated heterocycles. The third kappa shape index (κ3) is 4.48. The number of pyridine rings is 2. The Kier molecular flexibility index (Phi) is 5.77. The number of oxime groups is 1. The van der Waals surface area contributed by atoms with Gasteiger partial charge in [-0.25, -0.2) is 9.37 Å². The highest BCUT2D eigenvalue weighted by Crippen LogP contribution is 2.21. The van der Waals surface area contributed by atoms with Crippen molar-refractivity contribution >= 4 is 28.1 Å². The Labute approximate surface area is 155 Å². The van der Waals surface area contributed by atoms with Gasteiger partial charge >= 0.3 is 0 Å². The van der Waals surface area contributed by atoms with Crippen molar-refractivity contribution in [2.24, 2.45) is 5.16 Å². The summed E-state index contributed by atoms with van der Waals surface area (Å²) in [5.74, 6) is 0.0773. The van der Waals surface area contributed by atoms with Gasteiger partial charge in [-0.1, -0.05) is 11.2 Å². The predicted molar refractivity (Wildman–Crippen MR) is 103 cm³/mol. The lowest BCUT2D eigenvalue weighted by atomic mass is 10.1. The molecule has 0 radical (unpaired) electrons. The van der Waals surface area contributed by atoms with Crippen LogP contribution in [0.2, 0.25) is 0 Å². The van der Waals surface area contributed by atoms with E-state index in [9.17, 15) is 4.39 Å². The van der Waals surface area contributed by atoms with E-state index < -0.39 is 0 Å². The molecule has 0 bridgehead atoms. The predicted octanol–water partition coefficient (Wildman–Crippen LogP) is 2.70. The molecule has 2 aromatic heterocycles. The number of nitrogens with two attached hydrogens (primary N) is 1. The molecule has 0 aliphatic carbocycles. The average molecular weight is 369 g/mol. The first-order valence-corrected chi connectivity index (χ1v) is 8.40. The van der Waals surface area contributed by atoms with Crippen LogP contribution in [-0.4, -0.2) is 34.0 Å². The Morgan fingerprint density at radius 2 is 2.19 bits per heavy atom. The van der Waals surface area contributed by atoms with Gasteiger partial charge in [-0.3, -0.25) is 4.98 Å². The van der Waals surface area contributed by atoms with Gasteiger partial charge in [0.1, 0.15) is 24.0 Å². The lowest BCUT2D eigenvalue weighted by molar-refractivity contribution is 0.0986. The largest absolute Gasteiger partial charge is 0.396 e. The summed E-state index contributed by atoms with van der Waals surface area (Å²) < 4.78 is 14.3. The van der Waals surface area contributed by atoms with Crippen LogP contribution < -0.4 is 11.1 Å². The van der Waals surface area contributed by atoms with Gasteiger partial charge in [-0.15, -0.1) is 0 Å². The molecule has 140 valence electrons. The van der Waals surface area contributed by atoms with Crippen LogP contribution in [0, 0.1) is 5.82 Å². The zero-order valence-electron chi connectivity index (χ0n) is 14.8. The Morgan fingerprint density at radius 1 is 1.33 bits per heavy atom. The Balaban J connectivity index is 1.79. The molecule has 7 nitrogen and oxygen atoms in total. The quantitative estimate of drug-likeness (QED) is 0.336. The molecule has 0 saturated carbocycles. The number of hydrogen-bond acceptors (Lipinski definition) is 7. The van der Waals surface area contributed by atoms with E-state index in [2.05, 4.69) is 20.4 Å². The number of aromatic nitrogens is 2. The summed E-state index contributed by atoms with van der Waals surface area (Å²) in [6.45, 7) is 1.93. The number of nitrogens with zero attached hydrogens (tertiary/aromatic N) is 3. The highest BCUT2D eigenvalue weighted by atomic mass is 19.1. The third-order valence-electron chi connectivity index (χ3n) is 3.90. The molecule has 2 heterocycles. The van der Waals surface area contributed by atoms with Gasteiger partial charge in [-0.05, 0) is 31.2 Å². The van der Waals surface area contributed by atoms with Crippen molar-refractivity contribution in [3.05, 3.63) is 59.7 Å². The number of nitrogen functional groups attached to an aromatic ring is 1.